The number of ether oxygens (including phenoxy) is 4. The van der Waals surface area contributed by atoms with Gasteiger partial charge in [0, 0.05) is 17.5 Å². The highest BCUT2D eigenvalue weighted by Gasteiger charge is 2.41. The third-order valence-electron chi connectivity index (χ3n) is 5.96. The van der Waals surface area contributed by atoms with Crippen molar-refractivity contribution in [1.82, 2.24) is 5.01 Å². The molecule has 0 aromatic heterocycles. The van der Waals surface area contributed by atoms with Crippen LogP contribution in [0.2, 0.25) is 0 Å². The molecule has 6 nitrogen and oxygen atoms in total. The summed E-state index contributed by atoms with van der Waals surface area (Å²) in [5.74, 6) is 3.34. The fourth-order valence-electron chi connectivity index (χ4n) is 4.35. The van der Waals surface area contributed by atoms with Gasteiger partial charge in [0.15, 0.2) is 0 Å². The summed E-state index contributed by atoms with van der Waals surface area (Å²) in [7, 11) is 3.35. The zero-order chi connectivity index (χ0) is 22.9. The van der Waals surface area contributed by atoms with Gasteiger partial charge in [-0.2, -0.15) is 5.10 Å². The minimum Gasteiger partial charge on any atom is -0.497 e. The van der Waals surface area contributed by atoms with E-state index < -0.39 is 0 Å². The molecule has 0 spiro atoms. The van der Waals surface area contributed by atoms with Crippen molar-refractivity contribution in [2.45, 2.75) is 38.6 Å². The van der Waals surface area contributed by atoms with Crippen LogP contribution in [-0.2, 0) is 0 Å². The molecule has 0 bridgehead atoms. The first kappa shape index (κ1) is 21.2. The summed E-state index contributed by atoms with van der Waals surface area (Å²) < 4.78 is 23.1. The van der Waals surface area contributed by atoms with E-state index in [-0.39, 0.29) is 18.4 Å². The molecule has 2 aliphatic heterocycles. The molecule has 0 amide bonds. The predicted molar refractivity (Wildman–Crippen MR) is 127 cm³/mol. The van der Waals surface area contributed by atoms with E-state index in [0.717, 1.165) is 51.8 Å². The van der Waals surface area contributed by atoms with Gasteiger partial charge in [0.1, 0.15) is 23.0 Å². The molecular weight excluding hydrogens is 416 g/mol. The Hall–Kier alpha value is -3.67. The number of methoxy groups -OCH3 is 2. The molecular formula is C27H28N2O4. The quantitative estimate of drug-likeness (QED) is 0.486. The molecule has 0 N–H and O–H groups in total. The van der Waals surface area contributed by atoms with Crippen LogP contribution >= 0.6 is 0 Å². The average Bonchev–Trinajstić information content (AvgIpc) is 3.29. The van der Waals surface area contributed by atoms with Crippen LogP contribution in [-0.4, -0.2) is 31.0 Å². The van der Waals surface area contributed by atoms with Crippen LogP contribution in [0.15, 0.2) is 71.8 Å². The van der Waals surface area contributed by atoms with Crippen molar-refractivity contribution in [2.75, 3.05) is 14.2 Å². The molecule has 170 valence electrons. The molecule has 2 heterocycles. The second kappa shape index (κ2) is 8.70. The number of hydrogen-bond donors (Lipinski definition) is 0. The number of nitrogens with zero attached hydrogens (tertiary/aromatic N) is 2. The maximum Gasteiger partial charge on any atom is 0.213 e. The molecule has 3 aromatic carbocycles. The number of rotatable bonds is 6. The van der Waals surface area contributed by atoms with Crippen molar-refractivity contribution in [3.8, 4) is 23.0 Å². The van der Waals surface area contributed by atoms with Crippen molar-refractivity contribution in [3.63, 3.8) is 0 Å². The summed E-state index contributed by atoms with van der Waals surface area (Å²) >= 11 is 0. The lowest BCUT2D eigenvalue weighted by molar-refractivity contribution is -0.0191. The summed E-state index contributed by atoms with van der Waals surface area (Å²) in [5.41, 5.74) is 4.20. The van der Waals surface area contributed by atoms with Crippen molar-refractivity contribution >= 4 is 5.71 Å². The van der Waals surface area contributed by atoms with Crippen LogP contribution in [0.3, 0.4) is 0 Å². The highest BCUT2D eigenvalue weighted by Crippen LogP contribution is 2.48. The highest BCUT2D eigenvalue weighted by molar-refractivity contribution is 6.02. The van der Waals surface area contributed by atoms with Gasteiger partial charge >= 0.3 is 0 Å². The topological polar surface area (TPSA) is 52.5 Å². The first-order chi connectivity index (χ1) is 16.1. The Bertz CT molecular complexity index is 1160. The van der Waals surface area contributed by atoms with Gasteiger partial charge in [-0.15, -0.1) is 0 Å². The summed E-state index contributed by atoms with van der Waals surface area (Å²) in [6.45, 7) is 4.04. The van der Waals surface area contributed by atoms with Crippen molar-refractivity contribution in [2.24, 2.45) is 5.10 Å². The highest BCUT2D eigenvalue weighted by atomic mass is 16.5. The summed E-state index contributed by atoms with van der Waals surface area (Å²) in [6, 6.07) is 22.1. The maximum atomic E-state index is 6.48. The lowest BCUT2D eigenvalue weighted by atomic mass is 9.95. The van der Waals surface area contributed by atoms with Gasteiger partial charge in [-0.3, -0.25) is 0 Å². The van der Waals surface area contributed by atoms with Crippen molar-refractivity contribution in [3.05, 3.63) is 83.4 Å². The van der Waals surface area contributed by atoms with E-state index in [1.807, 2.05) is 50.2 Å². The van der Waals surface area contributed by atoms with Crippen LogP contribution in [0.4, 0.5) is 0 Å². The predicted octanol–water partition coefficient (Wildman–Crippen LogP) is 5.73. The molecule has 3 aromatic rings. The summed E-state index contributed by atoms with van der Waals surface area (Å²) in [4.78, 5) is 0. The smallest absolute Gasteiger partial charge is 0.213 e. The Morgan fingerprint density at radius 2 is 1.55 bits per heavy atom. The van der Waals surface area contributed by atoms with E-state index in [1.165, 1.54) is 0 Å². The Balaban J connectivity index is 1.52. The van der Waals surface area contributed by atoms with Gasteiger partial charge in [0.05, 0.1) is 32.1 Å². The molecule has 33 heavy (non-hydrogen) atoms. The second-order valence-electron chi connectivity index (χ2n) is 8.48. The van der Waals surface area contributed by atoms with Crippen molar-refractivity contribution in [1.29, 1.82) is 0 Å². The first-order valence-corrected chi connectivity index (χ1v) is 11.2. The third-order valence-corrected chi connectivity index (χ3v) is 5.96. The van der Waals surface area contributed by atoms with Gasteiger partial charge in [-0.05, 0) is 86.1 Å². The molecule has 0 radical (unpaired) electrons. The number of fused-ring (bicyclic) bond motifs is 3. The monoisotopic (exact) mass is 444 g/mol. The van der Waals surface area contributed by atoms with E-state index in [4.69, 9.17) is 24.0 Å². The van der Waals surface area contributed by atoms with E-state index >= 15 is 0 Å². The number of hydrogen-bond acceptors (Lipinski definition) is 6. The van der Waals surface area contributed by atoms with Crippen molar-refractivity contribution < 1.29 is 18.9 Å². The van der Waals surface area contributed by atoms with E-state index in [0.29, 0.717) is 0 Å². The standard InChI is InChI=1S/C27H28N2O4/c1-17(2)32-21-11-7-19(8-12-21)27-29-25(23-15-22(31-4)13-14-26(23)33-27)16-24(28-29)18-5-9-20(30-3)10-6-18/h5-15,17,25,27H,16H2,1-4H3/t25-,27-/m0/s1. The van der Waals surface area contributed by atoms with Crippen LogP contribution in [0.25, 0.3) is 0 Å². The minimum atomic E-state index is -0.334. The Morgan fingerprint density at radius 3 is 2.21 bits per heavy atom. The van der Waals surface area contributed by atoms with Crippen LogP contribution in [0.5, 0.6) is 23.0 Å². The average molecular weight is 445 g/mol. The van der Waals surface area contributed by atoms with E-state index in [2.05, 4.69) is 35.3 Å². The third kappa shape index (κ3) is 4.09. The molecule has 0 unspecified atom stereocenters. The number of hydrazone groups is 1. The second-order valence-corrected chi connectivity index (χ2v) is 8.48. The molecule has 0 saturated carbocycles. The van der Waals surface area contributed by atoms with Crippen LogP contribution in [0.1, 0.15) is 49.2 Å². The Labute approximate surface area is 194 Å². The molecule has 0 saturated heterocycles. The Morgan fingerprint density at radius 1 is 0.879 bits per heavy atom. The molecule has 0 fully saturated rings. The molecule has 5 rings (SSSR count). The van der Waals surface area contributed by atoms with Gasteiger partial charge in [0.2, 0.25) is 6.23 Å². The Kier molecular flexibility index (Phi) is 5.58. The van der Waals surface area contributed by atoms with E-state index in [9.17, 15) is 0 Å². The zero-order valence-electron chi connectivity index (χ0n) is 19.3. The molecule has 2 aliphatic rings. The summed E-state index contributed by atoms with van der Waals surface area (Å²) in [6.07, 6.45) is 0.573. The lowest BCUT2D eigenvalue weighted by Crippen LogP contribution is -2.33. The largest absolute Gasteiger partial charge is 0.497 e. The fraction of sp³-hybridized carbons (Fsp3) is 0.296. The van der Waals surface area contributed by atoms with Gasteiger partial charge < -0.3 is 18.9 Å². The van der Waals surface area contributed by atoms with Crippen LogP contribution in [0, 0.1) is 0 Å². The normalized spacial score (nSPS) is 18.8. The SMILES string of the molecule is COc1ccc(C2=NN3[C@@H](C2)c2cc(OC)ccc2O[C@H]3c2ccc(OC(C)C)cc2)cc1. The van der Waals surface area contributed by atoms with Crippen LogP contribution < -0.4 is 18.9 Å². The molecule has 2 atom stereocenters. The first-order valence-electron chi connectivity index (χ1n) is 11.2. The minimum absolute atomic E-state index is 0.0533. The maximum absolute atomic E-state index is 6.48. The lowest BCUT2D eigenvalue weighted by Gasteiger charge is -2.38. The van der Waals surface area contributed by atoms with Gasteiger partial charge in [-0.1, -0.05) is 0 Å². The summed E-state index contributed by atoms with van der Waals surface area (Å²) in [5, 5.41) is 7.10. The fourth-order valence-corrected chi connectivity index (χ4v) is 4.35. The molecule has 6 heteroatoms. The number of benzene rings is 3. The van der Waals surface area contributed by atoms with Gasteiger partial charge in [0.25, 0.3) is 0 Å². The molecule has 0 aliphatic carbocycles. The van der Waals surface area contributed by atoms with Gasteiger partial charge in [-0.25, -0.2) is 5.01 Å². The van der Waals surface area contributed by atoms with E-state index in [1.54, 1.807) is 14.2 Å². The zero-order valence-corrected chi connectivity index (χ0v) is 19.3.